The number of nitrogens with one attached hydrogen (secondary N) is 1. The average Bonchev–Trinajstić information content (AvgIpc) is 2.59. The lowest BCUT2D eigenvalue weighted by atomic mass is 10.1. The summed E-state index contributed by atoms with van der Waals surface area (Å²) >= 11 is 6.10. The standard InChI is InChI=1S/C20H20ClNO3/c1-14-7-3-4-8-16(14)11-12-20(24)25-13-19(23)22-15(2)17-9-5-6-10-18(17)21/h3-12,15H,13H2,1-2H3,(H,22,23)/b12-11+/t15-/m1/s1. The zero-order valence-corrected chi connectivity index (χ0v) is 14.9. The van der Waals surface area contributed by atoms with Crippen molar-refractivity contribution in [1.29, 1.82) is 0 Å². The van der Waals surface area contributed by atoms with Crippen molar-refractivity contribution in [1.82, 2.24) is 5.32 Å². The highest BCUT2D eigenvalue weighted by Crippen LogP contribution is 2.21. The lowest BCUT2D eigenvalue weighted by Gasteiger charge is -2.15. The van der Waals surface area contributed by atoms with Gasteiger partial charge in [-0.15, -0.1) is 0 Å². The Balaban J connectivity index is 1.82. The molecule has 0 heterocycles. The number of carbonyl (C=O) groups is 2. The quantitative estimate of drug-likeness (QED) is 0.626. The summed E-state index contributed by atoms with van der Waals surface area (Å²) in [5.74, 6) is -0.950. The van der Waals surface area contributed by atoms with E-state index in [9.17, 15) is 9.59 Å². The molecular formula is C20H20ClNO3. The van der Waals surface area contributed by atoms with Crippen LogP contribution < -0.4 is 5.32 Å². The third-order valence-corrected chi connectivity index (χ3v) is 4.03. The Labute approximate surface area is 152 Å². The van der Waals surface area contributed by atoms with Crippen LogP contribution in [0, 0.1) is 6.92 Å². The van der Waals surface area contributed by atoms with Gasteiger partial charge in [0, 0.05) is 11.1 Å². The van der Waals surface area contributed by atoms with Crippen molar-refractivity contribution < 1.29 is 14.3 Å². The molecule has 130 valence electrons. The van der Waals surface area contributed by atoms with E-state index in [4.69, 9.17) is 16.3 Å². The van der Waals surface area contributed by atoms with E-state index < -0.39 is 5.97 Å². The summed E-state index contributed by atoms with van der Waals surface area (Å²) in [6, 6.07) is 14.7. The summed E-state index contributed by atoms with van der Waals surface area (Å²) in [7, 11) is 0. The van der Waals surface area contributed by atoms with Gasteiger partial charge in [-0.2, -0.15) is 0 Å². The van der Waals surface area contributed by atoms with E-state index >= 15 is 0 Å². The molecule has 0 saturated carbocycles. The van der Waals surface area contributed by atoms with Gasteiger partial charge in [-0.25, -0.2) is 4.79 Å². The number of rotatable bonds is 6. The number of halogens is 1. The molecule has 1 amide bonds. The van der Waals surface area contributed by atoms with E-state index in [2.05, 4.69) is 5.32 Å². The molecule has 0 radical (unpaired) electrons. The molecule has 1 atom stereocenters. The number of ether oxygens (including phenoxy) is 1. The molecule has 5 heteroatoms. The lowest BCUT2D eigenvalue weighted by Crippen LogP contribution is -2.31. The summed E-state index contributed by atoms with van der Waals surface area (Å²) in [4.78, 5) is 23.6. The average molecular weight is 358 g/mol. The molecule has 2 aromatic rings. The van der Waals surface area contributed by atoms with E-state index in [1.165, 1.54) is 6.08 Å². The fourth-order valence-electron chi connectivity index (χ4n) is 2.30. The molecule has 0 saturated heterocycles. The highest BCUT2D eigenvalue weighted by Gasteiger charge is 2.13. The summed E-state index contributed by atoms with van der Waals surface area (Å²) in [6.45, 7) is 3.43. The van der Waals surface area contributed by atoms with E-state index in [0.29, 0.717) is 5.02 Å². The molecule has 25 heavy (non-hydrogen) atoms. The largest absolute Gasteiger partial charge is 0.452 e. The third kappa shape index (κ3) is 5.76. The summed E-state index contributed by atoms with van der Waals surface area (Å²) in [6.07, 6.45) is 2.98. The molecular weight excluding hydrogens is 338 g/mol. The molecule has 4 nitrogen and oxygen atoms in total. The first kappa shape index (κ1) is 18.7. The predicted molar refractivity (Wildman–Crippen MR) is 99.2 cm³/mol. The Morgan fingerprint density at radius 1 is 1.16 bits per heavy atom. The maximum Gasteiger partial charge on any atom is 0.331 e. The van der Waals surface area contributed by atoms with Crippen LogP contribution >= 0.6 is 11.6 Å². The number of aryl methyl sites for hydroxylation is 1. The smallest absolute Gasteiger partial charge is 0.331 e. The van der Waals surface area contributed by atoms with Gasteiger partial charge in [0.1, 0.15) is 0 Å². The molecule has 0 aliphatic carbocycles. The Morgan fingerprint density at radius 3 is 2.56 bits per heavy atom. The summed E-state index contributed by atoms with van der Waals surface area (Å²) < 4.78 is 4.96. The van der Waals surface area contributed by atoms with Gasteiger partial charge in [0.2, 0.25) is 0 Å². The minimum Gasteiger partial charge on any atom is -0.452 e. The van der Waals surface area contributed by atoms with Crippen LogP contribution in [0.15, 0.2) is 54.6 Å². The molecule has 0 spiro atoms. The van der Waals surface area contributed by atoms with Gasteiger partial charge in [-0.05, 0) is 42.7 Å². The zero-order valence-electron chi connectivity index (χ0n) is 14.2. The van der Waals surface area contributed by atoms with Crippen molar-refractivity contribution in [2.45, 2.75) is 19.9 Å². The zero-order chi connectivity index (χ0) is 18.2. The van der Waals surface area contributed by atoms with E-state index in [1.54, 1.807) is 12.1 Å². The Bertz CT molecular complexity index is 786. The van der Waals surface area contributed by atoms with Gasteiger partial charge in [0.15, 0.2) is 6.61 Å². The highest BCUT2D eigenvalue weighted by molar-refractivity contribution is 6.31. The number of benzene rings is 2. The molecule has 0 aliphatic heterocycles. The van der Waals surface area contributed by atoms with Crippen molar-refractivity contribution in [3.8, 4) is 0 Å². The number of hydrogen-bond donors (Lipinski definition) is 1. The summed E-state index contributed by atoms with van der Waals surface area (Å²) in [5.41, 5.74) is 2.79. The maximum absolute atomic E-state index is 11.9. The van der Waals surface area contributed by atoms with Gasteiger partial charge in [-0.1, -0.05) is 54.1 Å². The predicted octanol–water partition coefficient (Wildman–Crippen LogP) is 4.08. The van der Waals surface area contributed by atoms with Crippen molar-refractivity contribution in [3.05, 3.63) is 76.3 Å². The second-order valence-corrected chi connectivity index (χ2v) is 6.02. The maximum atomic E-state index is 11.9. The molecule has 0 bridgehead atoms. The number of carbonyl (C=O) groups excluding carboxylic acids is 2. The molecule has 0 aliphatic rings. The van der Waals surface area contributed by atoms with Crippen LogP contribution in [-0.2, 0) is 14.3 Å². The van der Waals surface area contributed by atoms with Crippen molar-refractivity contribution >= 4 is 29.6 Å². The van der Waals surface area contributed by atoms with Crippen LogP contribution in [0.4, 0.5) is 0 Å². The summed E-state index contributed by atoms with van der Waals surface area (Å²) in [5, 5.41) is 3.33. The van der Waals surface area contributed by atoms with Crippen LogP contribution in [0.25, 0.3) is 6.08 Å². The SMILES string of the molecule is Cc1ccccc1/C=C/C(=O)OCC(=O)N[C@H](C)c1ccccc1Cl. The second-order valence-electron chi connectivity index (χ2n) is 5.61. The first-order valence-corrected chi connectivity index (χ1v) is 8.29. The molecule has 2 rings (SSSR count). The fourth-order valence-corrected chi connectivity index (χ4v) is 2.60. The molecule has 2 aromatic carbocycles. The molecule has 1 N–H and O–H groups in total. The van der Waals surface area contributed by atoms with Gasteiger partial charge >= 0.3 is 5.97 Å². The number of amides is 1. The first-order chi connectivity index (χ1) is 12.0. The second kappa shape index (κ2) is 9.04. The van der Waals surface area contributed by atoms with Crippen LogP contribution in [0.5, 0.6) is 0 Å². The van der Waals surface area contributed by atoms with Gasteiger partial charge < -0.3 is 10.1 Å². The monoisotopic (exact) mass is 357 g/mol. The number of hydrogen-bond acceptors (Lipinski definition) is 3. The third-order valence-electron chi connectivity index (χ3n) is 3.68. The Hall–Kier alpha value is -2.59. The van der Waals surface area contributed by atoms with E-state index in [1.807, 2.05) is 56.3 Å². The van der Waals surface area contributed by atoms with Crippen molar-refractivity contribution in [2.24, 2.45) is 0 Å². The molecule has 0 fully saturated rings. The number of esters is 1. The van der Waals surface area contributed by atoms with E-state index in [0.717, 1.165) is 16.7 Å². The van der Waals surface area contributed by atoms with Crippen LogP contribution in [0.1, 0.15) is 29.7 Å². The van der Waals surface area contributed by atoms with Crippen LogP contribution in [0.2, 0.25) is 5.02 Å². The minimum atomic E-state index is -0.566. The lowest BCUT2D eigenvalue weighted by molar-refractivity contribution is -0.144. The van der Waals surface area contributed by atoms with Gasteiger partial charge in [0.25, 0.3) is 5.91 Å². The van der Waals surface area contributed by atoms with Gasteiger partial charge in [-0.3, -0.25) is 4.79 Å². The van der Waals surface area contributed by atoms with Crippen LogP contribution in [0.3, 0.4) is 0 Å². The first-order valence-electron chi connectivity index (χ1n) is 7.91. The van der Waals surface area contributed by atoms with Crippen molar-refractivity contribution in [3.63, 3.8) is 0 Å². The molecule has 0 unspecified atom stereocenters. The minimum absolute atomic E-state index is 0.276. The molecule has 0 aromatic heterocycles. The topological polar surface area (TPSA) is 55.4 Å². The Morgan fingerprint density at radius 2 is 1.84 bits per heavy atom. The highest BCUT2D eigenvalue weighted by atomic mass is 35.5. The normalized spacial score (nSPS) is 12.0. The Kier molecular flexibility index (Phi) is 6.78. The van der Waals surface area contributed by atoms with Crippen LogP contribution in [-0.4, -0.2) is 18.5 Å². The fraction of sp³-hybridized carbons (Fsp3) is 0.200. The van der Waals surface area contributed by atoms with Crippen molar-refractivity contribution in [2.75, 3.05) is 6.61 Å². The van der Waals surface area contributed by atoms with Gasteiger partial charge in [0.05, 0.1) is 6.04 Å². The van der Waals surface area contributed by atoms with E-state index in [-0.39, 0.29) is 18.6 Å².